The van der Waals surface area contributed by atoms with E-state index in [1.807, 2.05) is 4.90 Å². The molecule has 3 atom stereocenters. The second-order valence-corrected chi connectivity index (χ2v) is 12.2. The van der Waals surface area contributed by atoms with Gasteiger partial charge in [-0.2, -0.15) is 0 Å². The quantitative estimate of drug-likeness (QED) is 0.171. The zero-order valence-electron chi connectivity index (χ0n) is 24.0. The molecule has 2 saturated heterocycles. The van der Waals surface area contributed by atoms with Crippen molar-refractivity contribution < 1.29 is 45.7 Å². The number of nitrogens with zero attached hydrogens (tertiary/aromatic N) is 5. The fraction of sp³-hybridized carbons (Fsp3) is 0.481. The Hall–Kier alpha value is -3.74. The number of ether oxygens (including phenoxy) is 3. The molecule has 1 aromatic carbocycles. The van der Waals surface area contributed by atoms with Crippen molar-refractivity contribution in [2.75, 3.05) is 54.9 Å². The van der Waals surface area contributed by atoms with E-state index in [0.717, 1.165) is 52.5 Å². The van der Waals surface area contributed by atoms with Crippen LogP contribution in [-0.2, 0) is 36.8 Å². The Morgan fingerprint density at radius 3 is 2.69 bits per heavy atom. The lowest BCUT2D eigenvalue weighted by molar-refractivity contribution is -0.274. The van der Waals surface area contributed by atoms with Crippen LogP contribution in [0.15, 0.2) is 30.6 Å². The Labute approximate surface area is 262 Å². The number of carbonyl (C=O) groups excluding carboxylic acids is 2. The summed E-state index contributed by atoms with van der Waals surface area (Å²) < 4.78 is 80.7. The minimum Gasteiger partial charge on any atom is -0.755 e. The highest BCUT2D eigenvalue weighted by Gasteiger charge is 2.44. The summed E-state index contributed by atoms with van der Waals surface area (Å²) in [5, 5.41) is 1.48. The number of likely N-dealkylation sites (tertiary alicyclic amines) is 1. The van der Waals surface area contributed by atoms with Crippen LogP contribution in [-0.4, -0.2) is 93.9 Å². The molecule has 13 nitrogen and oxygen atoms in total. The molecule has 3 aromatic rings. The number of rotatable bonds is 12. The zero-order chi connectivity index (χ0) is 32.3. The molecule has 18 heteroatoms. The third kappa shape index (κ3) is 7.40. The number of hydrogen-bond acceptors (Lipinski definition) is 12. The minimum atomic E-state index is -5.08. The van der Waals surface area contributed by atoms with Crippen molar-refractivity contribution in [2.24, 2.45) is 0 Å². The van der Waals surface area contributed by atoms with Crippen LogP contribution >= 0.6 is 11.3 Å². The van der Waals surface area contributed by atoms with Gasteiger partial charge in [0.2, 0.25) is 5.91 Å². The summed E-state index contributed by atoms with van der Waals surface area (Å²) >= 11 is -1.75. The molecule has 0 aliphatic carbocycles. The smallest absolute Gasteiger partial charge is 0.573 e. The number of anilines is 3. The fourth-order valence-corrected chi connectivity index (χ4v) is 7.28. The first-order valence-electron chi connectivity index (χ1n) is 13.9. The summed E-state index contributed by atoms with van der Waals surface area (Å²) in [4.78, 5) is 38.6. The number of hydrogen-bond donors (Lipinski definition) is 1. The molecule has 2 fully saturated rings. The van der Waals surface area contributed by atoms with E-state index >= 15 is 0 Å². The van der Waals surface area contributed by atoms with Crippen LogP contribution in [0.5, 0.6) is 5.75 Å². The number of methoxy groups -OCH3 is 1. The van der Waals surface area contributed by atoms with Gasteiger partial charge in [-0.25, -0.2) is 14.8 Å². The Kier molecular flexibility index (Phi) is 9.95. The SMILES string of the molecule is COCCOC(=O)[C@@H](Cc1cc2ccnc(N)c2cc1OC(F)(F)F)N1CC[C@H](N(c2cnc(N3CCCC3)s2)S(=O)[O-])C1=O. The Bertz CT molecular complexity index is 1570. The number of amides is 1. The van der Waals surface area contributed by atoms with Gasteiger partial charge in [-0.1, -0.05) is 11.3 Å². The molecule has 5 rings (SSSR count). The number of nitrogen functional groups attached to an aromatic ring is 1. The Balaban J connectivity index is 1.47. The molecule has 0 spiro atoms. The first kappa shape index (κ1) is 32.6. The molecule has 1 amide bonds. The number of thiazole rings is 1. The molecule has 2 N–H and O–H groups in total. The predicted molar refractivity (Wildman–Crippen MR) is 158 cm³/mol. The van der Waals surface area contributed by atoms with Gasteiger partial charge in [-0.15, -0.1) is 13.2 Å². The number of halogens is 3. The number of fused-ring (bicyclic) bond motifs is 1. The first-order valence-corrected chi connectivity index (χ1v) is 15.8. The van der Waals surface area contributed by atoms with Crippen molar-refractivity contribution in [3.63, 3.8) is 0 Å². The summed E-state index contributed by atoms with van der Waals surface area (Å²) in [5.74, 6) is -2.27. The molecule has 1 unspecified atom stereocenters. The number of benzene rings is 1. The topological polar surface area (TPSA) is 163 Å². The van der Waals surface area contributed by atoms with E-state index in [0.29, 0.717) is 10.5 Å². The number of alkyl halides is 3. The predicted octanol–water partition coefficient (Wildman–Crippen LogP) is 2.77. The van der Waals surface area contributed by atoms with Gasteiger partial charge in [0, 0.05) is 56.0 Å². The van der Waals surface area contributed by atoms with E-state index in [1.165, 1.54) is 31.6 Å². The highest BCUT2D eigenvalue weighted by atomic mass is 32.2. The fourth-order valence-electron chi connectivity index (χ4n) is 5.46. The number of carbonyl (C=O) groups is 2. The summed E-state index contributed by atoms with van der Waals surface area (Å²) in [6.07, 6.45) is -0.766. The maximum Gasteiger partial charge on any atom is 0.573 e. The summed E-state index contributed by atoms with van der Waals surface area (Å²) in [6, 6.07) is 1.35. The molecule has 2 aliphatic heterocycles. The van der Waals surface area contributed by atoms with Gasteiger partial charge in [-0.3, -0.25) is 13.3 Å². The lowest BCUT2D eigenvalue weighted by Crippen LogP contribution is -2.49. The second-order valence-electron chi connectivity index (χ2n) is 10.4. The third-order valence-corrected chi connectivity index (χ3v) is 9.47. The van der Waals surface area contributed by atoms with Crippen molar-refractivity contribution in [3.8, 4) is 5.75 Å². The largest absolute Gasteiger partial charge is 0.755 e. The van der Waals surface area contributed by atoms with Crippen LogP contribution < -0.4 is 19.7 Å². The molecule has 45 heavy (non-hydrogen) atoms. The molecule has 0 radical (unpaired) electrons. The van der Waals surface area contributed by atoms with Crippen LogP contribution in [0.2, 0.25) is 0 Å². The van der Waals surface area contributed by atoms with Crippen LogP contribution in [0, 0.1) is 0 Å². The maximum atomic E-state index is 13.8. The second kappa shape index (κ2) is 13.7. The third-order valence-electron chi connectivity index (χ3n) is 7.53. The molecular formula is C27H30F3N6O7S2-. The van der Waals surface area contributed by atoms with Gasteiger partial charge in [0.25, 0.3) is 0 Å². The molecule has 0 bridgehead atoms. The van der Waals surface area contributed by atoms with Gasteiger partial charge in [-0.05, 0) is 48.4 Å². The molecule has 2 aliphatic rings. The first-order chi connectivity index (χ1) is 21.5. The van der Waals surface area contributed by atoms with Gasteiger partial charge < -0.3 is 34.3 Å². The van der Waals surface area contributed by atoms with Crippen molar-refractivity contribution in [1.29, 1.82) is 0 Å². The van der Waals surface area contributed by atoms with E-state index in [1.54, 1.807) is 0 Å². The summed E-state index contributed by atoms with van der Waals surface area (Å²) in [7, 11) is 1.39. The Morgan fingerprint density at radius 1 is 1.24 bits per heavy atom. The van der Waals surface area contributed by atoms with Gasteiger partial charge in [0.1, 0.15) is 35.3 Å². The van der Waals surface area contributed by atoms with Crippen LogP contribution in [0.1, 0.15) is 24.8 Å². The van der Waals surface area contributed by atoms with E-state index in [-0.39, 0.29) is 47.9 Å². The normalized spacial score (nSPS) is 18.4. The number of pyridine rings is 1. The monoisotopic (exact) mass is 671 g/mol. The van der Waals surface area contributed by atoms with Crippen molar-refractivity contribution in [1.82, 2.24) is 14.9 Å². The zero-order valence-corrected chi connectivity index (χ0v) is 25.7. The van der Waals surface area contributed by atoms with E-state index in [4.69, 9.17) is 15.2 Å². The van der Waals surface area contributed by atoms with E-state index in [9.17, 15) is 31.5 Å². The van der Waals surface area contributed by atoms with Gasteiger partial charge >= 0.3 is 12.3 Å². The standard InChI is InChI=1S/C27H31F3N6O7S2/c1-41-10-11-42-25(38)20(13-17-12-16-4-6-32-23(31)18(16)14-21(17)43-27(28,29)30)35-9-5-19(24(35)37)36(45(39)40)22-15-33-26(44-22)34-7-2-3-8-34/h4,6,12,14-15,19-20H,2-3,5,7-11,13H2,1H3,(H2,31,32)(H,39,40)/p-1/t19-,20+/m0/s1. The average Bonchev–Trinajstić information content (AvgIpc) is 3.74. The number of esters is 1. The average molecular weight is 672 g/mol. The van der Waals surface area contributed by atoms with Crippen molar-refractivity contribution >= 4 is 61.2 Å². The maximum absolute atomic E-state index is 13.8. The van der Waals surface area contributed by atoms with E-state index < -0.39 is 53.8 Å². The van der Waals surface area contributed by atoms with Crippen molar-refractivity contribution in [2.45, 2.75) is 44.1 Å². The van der Waals surface area contributed by atoms with Gasteiger partial charge in [0.15, 0.2) is 5.13 Å². The number of aromatic nitrogens is 2. The van der Waals surface area contributed by atoms with Crippen molar-refractivity contribution in [3.05, 3.63) is 36.2 Å². The lowest BCUT2D eigenvalue weighted by atomic mass is 10.00. The number of nitrogens with two attached hydrogens (primary N) is 1. The molecule has 2 aromatic heterocycles. The van der Waals surface area contributed by atoms with Gasteiger partial charge in [0.05, 0.1) is 12.8 Å². The summed E-state index contributed by atoms with van der Waals surface area (Å²) in [6.45, 7) is 1.36. The minimum absolute atomic E-state index is 0.0114. The van der Waals surface area contributed by atoms with E-state index in [2.05, 4.69) is 14.7 Å². The molecule has 4 heterocycles. The van der Waals surface area contributed by atoms with Crippen LogP contribution in [0.25, 0.3) is 10.8 Å². The lowest BCUT2D eigenvalue weighted by Gasteiger charge is -2.31. The highest BCUT2D eigenvalue weighted by molar-refractivity contribution is 7.81. The summed E-state index contributed by atoms with van der Waals surface area (Å²) in [5.41, 5.74) is 5.82. The molecule has 244 valence electrons. The highest BCUT2D eigenvalue weighted by Crippen LogP contribution is 2.37. The Morgan fingerprint density at radius 2 is 2.00 bits per heavy atom. The molecule has 0 saturated carbocycles. The van der Waals surface area contributed by atoms with Crippen LogP contribution in [0.4, 0.5) is 29.1 Å². The molecular weight excluding hydrogens is 641 g/mol. The van der Waals surface area contributed by atoms with Crippen LogP contribution in [0.3, 0.4) is 0 Å².